The number of nitrogens with zero attached hydrogens (tertiary/aromatic N) is 5. The standard InChI is InChI=1S/C13H19N5S/c1-10-14-6-9-18(10)8-3-7-17(2)13-15-12(16-19-13)11-4-5-11/h6,9,11H,3-5,7-8H2,1-2H3. The van der Waals surface area contributed by atoms with Gasteiger partial charge in [0, 0.05) is 50.0 Å². The lowest BCUT2D eigenvalue weighted by Gasteiger charge is -2.15. The summed E-state index contributed by atoms with van der Waals surface area (Å²) in [6, 6.07) is 0. The van der Waals surface area contributed by atoms with Crippen molar-refractivity contribution >= 4 is 16.7 Å². The number of rotatable bonds is 6. The van der Waals surface area contributed by atoms with Crippen LogP contribution in [0.1, 0.15) is 36.8 Å². The molecule has 0 amide bonds. The third-order valence-corrected chi connectivity index (χ3v) is 4.36. The molecule has 0 radical (unpaired) electrons. The first-order chi connectivity index (χ1) is 9.24. The second-order valence-corrected chi connectivity index (χ2v) is 5.88. The predicted octanol–water partition coefficient (Wildman–Crippen LogP) is 2.45. The van der Waals surface area contributed by atoms with Crippen molar-refractivity contribution in [2.75, 3.05) is 18.5 Å². The summed E-state index contributed by atoms with van der Waals surface area (Å²) in [7, 11) is 2.10. The van der Waals surface area contributed by atoms with E-state index >= 15 is 0 Å². The highest BCUT2D eigenvalue weighted by Crippen LogP contribution is 2.39. The highest BCUT2D eigenvalue weighted by atomic mass is 32.1. The Kier molecular flexibility index (Phi) is 3.50. The molecule has 3 rings (SSSR count). The van der Waals surface area contributed by atoms with Gasteiger partial charge in [-0.15, -0.1) is 0 Å². The van der Waals surface area contributed by atoms with Crippen LogP contribution < -0.4 is 4.90 Å². The van der Waals surface area contributed by atoms with Gasteiger partial charge in [-0.3, -0.25) is 0 Å². The van der Waals surface area contributed by atoms with Crippen LogP contribution in [0.5, 0.6) is 0 Å². The Labute approximate surface area is 117 Å². The van der Waals surface area contributed by atoms with Crippen molar-refractivity contribution in [3.05, 3.63) is 24.0 Å². The Bertz CT molecular complexity index is 543. The molecule has 102 valence electrons. The minimum atomic E-state index is 0.645. The largest absolute Gasteiger partial charge is 0.350 e. The summed E-state index contributed by atoms with van der Waals surface area (Å²) in [4.78, 5) is 11.1. The van der Waals surface area contributed by atoms with Crippen LogP contribution in [-0.4, -0.2) is 32.5 Å². The molecule has 2 aromatic heterocycles. The Balaban J connectivity index is 1.50. The number of anilines is 1. The molecule has 1 fully saturated rings. The van der Waals surface area contributed by atoms with E-state index in [1.54, 1.807) is 0 Å². The number of hydrogen-bond donors (Lipinski definition) is 0. The summed E-state index contributed by atoms with van der Waals surface area (Å²) in [6.07, 6.45) is 7.50. The van der Waals surface area contributed by atoms with Crippen LogP contribution in [0.2, 0.25) is 0 Å². The summed E-state index contributed by atoms with van der Waals surface area (Å²) in [5, 5.41) is 1.05. The van der Waals surface area contributed by atoms with Gasteiger partial charge in [-0.05, 0) is 26.2 Å². The van der Waals surface area contributed by atoms with Crippen LogP contribution in [0.3, 0.4) is 0 Å². The molecular formula is C13H19N5S. The lowest BCUT2D eigenvalue weighted by atomic mass is 10.4. The molecule has 0 unspecified atom stereocenters. The van der Waals surface area contributed by atoms with Gasteiger partial charge >= 0.3 is 0 Å². The summed E-state index contributed by atoms with van der Waals surface area (Å²) in [5.74, 6) is 2.78. The molecule has 19 heavy (non-hydrogen) atoms. The second kappa shape index (κ2) is 5.28. The molecule has 1 aliphatic rings. The lowest BCUT2D eigenvalue weighted by Crippen LogP contribution is -2.19. The molecule has 2 heterocycles. The molecule has 0 saturated heterocycles. The number of hydrogen-bond acceptors (Lipinski definition) is 5. The minimum Gasteiger partial charge on any atom is -0.350 e. The average molecular weight is 277 g/mol. The third kappa shape index (κ3) is 2.94. The maximum Gasteiger partial charge on any atom is 0.204 e. The molecule has 0 aromatic carbocycles. The van der Waals surface area contributed by atoms with E-state index in [1.807, 2.05) is 19.3 Å². The van der Waals surface area contributed by atoms with E-state index in [4.69, 9.17) is 0 Å². The van der Waals surface area contributed by atoms with Crippen molar-refractivity contribution in [1.29, 1.82) is 0 Å². The third-order valence-electron chi connectivity index (χ3n) is 3.52. The van der Waals surface area contributed by atoms with Gasteiger partial charge in [-0.1, -0.05) is 0 Å². The van der Waals surface area contributed by atoms with Gasteiger partial charge in [0.25, 0.3) is 0 Å². The van der Waals surface area contributed by atoms with Gasteiger partial charge in [-0.25, -0.2) is 9.97 Å². The SMILES string of the molecule is Cc1nccn1CCCN(C)c1nc(C2CC2)ns1. The summed E-state index contributed by atoms with van der Waals surface area (Å²) in [5.41, 5.74) is 0. The molecule has 0 atom stereocenters. The molecule has 2 aromatic rings. The molecule has 1 saturated carbocycles. The first-order valence-corrected chi connectivity index (χ1v) is 7.54. The van der Waals surface area contributed by atoms with E-state index in [-0.39, 0.29) is 0 Å². The molecule has 1 aliphatic carbocycles. The molecular weight excluding hydrogens is 258 g/mol. The van der Waals surface area contributed by atoms with E-state index in [2.05, 4.69) is 30.9 Å². The summed E-state index contributed by atoms with van der Waals surface area (Å²) in [6.45, 7) is 4.04. The highest BCUT2D eigenvalue weighted by molar-refractivity contribution is 7.09. The fourth-order valence-corrected chi connectivity index (χ4v) is 2.83. The van der Waals surface area contributed by atoms with Crippen LogP contribution in [0.15, 0.2) is 12.4 Å². The van der Waals surface area contributed by atoms with Gasteiger partial charge < -0.3 is 9.47 Å². The van der Waals surface area contributed by atoms with Gasteiger partial charge in [0.05, 0.1) is 0 Å². The van der Waals surface area contributed by atoms with E-state index in [0.29, 0.717) is 5.92 Å². The summed E-state index contributed by atoms with van der Waals surface area (Å²) >= 11 is 1.52. The van der Waals surface area contributed by atoms with Crippen LogP contribution in [0.25, 0.3) is 0 Å². The van der Waals surface area contributed by atoms with Crippen molar-refractivity contribution < 1.29 is 0 Å². The maximum atomic E-state index is 4.62. The normalized spacial score (nSPS) is 14.8. The average Bonchev–Trinajstić information content (AvgIpc) is 2.99. The Morgan fingerprint density at radius 1 is 1.47 bits per heavy atom. The Morgan fingerprint density at radius 2 is 2.32 bits per heavy atom. The molecule has 6 heteroatoms. The van der Waals surface area contributed by atoms with Crippen molar-refractivity contribution in [3.63, 3.8) is 0 Å². The zero-order valence-corrected chi connectivity index (χ0v) is 12.2. The van der Waals surface area contributed by atoms with Crippen molar-refractivity contribution in [2.24, 2.45) is 0 Å². The van der Waals surface area contributed by atoms with Gasteiger partial charge in [0.15, 0.2) is 0 Å². The topological polar surface area (TPSA) is 46.8 Å². The van der Waals surface area contributed by atoms with Crippen molar-refractivity contribution in [2.45, 2.75) is 38.6 Å². The van der Waals surface area contributed by atoms with Gasteiger partial charge in [0.1, 0.15) is 11.6 Å². The molecule has 5 nitrogen and oxygen atoms in total. The van der Waals surface area contributed by atoms with E-state index in [1.165, 1.54) is 24.4 Å². The molecule has 0 bridgehead atoms. The maximum absolute atomic E-state index is 4.62. The molecule has 0 aliphatic heterocycles. The Hall–Kier alpha value is -1.43. The fourth-order valence-electron chi connectivity index (χ4n) is 2.10. The van der Waals surface area contributed by atoms with Crippen LogP contribution in [-0.2, 0) is 6.54 Å². The first kappa shape index (κ1) is 12.6. The minimum absolute atomic E-state index is 0.645. The predicted molar refractivity (Wildman–Crippen MR) is 76.7 cm³/mol. The second-order valence-electron chi connectivity index (χ2n) is 5.15. The Morgan fingerprint density at radius 3 is 3.00 bits per heavy atom. The highest BCUT2D eigenvalue weighted by Gasteiger charge is 2.28. The van der Waals surface area contributed by atoms with Crippen LogP contribution in [0.4, 0.5) is 5.13 Å². The smallest absolute Gasteiger partial charge is 0.204 e. The van der Waals surface area contributed by atoms with E-state index < -0.39 is 0 Å². The van der Waals surface area contributed by atoms with Crippen LogP contribution >= 0.6 is 11.5 Å². The number of imidazole rings is 1. The fraction of sp³-hybridized carbons (Fsp3) is 0.615. The first-order valence-electron chi connectivity index (χ1n) is 6.76. The van der Waals surface area contributed by atoms with Gasteiger partial charge in [0.2, 0.25) is 5.13 Å². The monoisotopic (exact) mass is 277 g/mol. The number of aromatic nitrogens is 4. The summed E-state index contributed by atoms with van der Waals surface area (Å²) < 4.78 is 6.63. The van der Waals surface area contributed by atoms with Gasteiger partial charge in [-0.2, -0.15) is 4.37 Å². The van der Waals surface area contributed by atoms with Crippen molar-refractivity contribution in [3.8, 4) is 0 Å². The quantitative estimate of drug-likeness (QED) is 0.813. The number of aryl methyl sites for hydroxylation is 2. The van der Waals surface area contributed by atoms with E-state index in [9.17, 15) is 0 Å². The van der Waals surface area contributed by atoms with Crippen LogP contribution in [0, 0.1) is 6.92 Å². The zero-order chi connectivity index (χ0) is 13.2. The lowest BCUT2D eigenvalue weighted by molar-refractivity contribution is 0.622. The molecule has 0 N–H and O–H groups in total. The van der Waals surface area contributed by atoms with E-state index in [0.717, 1.165) is 36.3 Å². The molecule has 0 spiro atoms. The zero-order valence-electron chi connectivity index (χ0n) is 11.4. The van der Waals surface area contributed by atoms with Crippen molar-refractivity contribution in [1.82, 2.24) is 18.9 Å².